The van der Waals surface area contributed by atoms with Crippen molar-refractivity contribution in [2.45, 2.75) is 5.92 Å². The lowest BCUT2D eigenvalue weighted by molar-refractivity contribution is -0.138. The van der Waals surface area contributed by atoms with Crippen LogP contribution in [0.25, 0.3) is 0 Å². The van der Waals surface area contributed by atoms with E-state index < -0.39 is 21.7 Å². The van der Waals surface area contributed by atoms with E-state index in [-0.39, 0.29) is 18.8 Å². The molecule has 0 fully saturated rings. The van der Waals surface area contributed by atoms with Gasteiger partial charge >= 0.3 is 5.97 Å². The quantitative estimate of drug-likeness (QED) is 0.705. The Bertz CT molecular complexity index is 484. The molecule has 1 unspecified atom stereocenters. The molecule has 0 heterocycles. The summed E-state index contributed by atoms with van der Waals surface area (Å²) in [5.74, 6) is -1.58. The molecule has 0 amide bonds. The first kappa shape index (κ1) is 14.7. The fraction of sp³-hybridized carbons (Fsp3) is 0.417. The lowest BCUT2D eigenvalue weighted by Crippen LogP contribution is -2.30. The van der Waals surface area contributed by atoms with E-state index >= 15 is 0 Å². The van der Waals surface area contributed by atoms with Crippen LogP contribution in [0.4, 0.5) is 0 Å². The SMILES string of the molecule is CS(=O)(=O)CCNCC(C(=O)O)c1ccccc1. The minimum atomic E-state index is -3.02. The van der Waals surface area contributed by atoms with Gasteiger partial charge in [0.1, 0.15) is 9.84 Å². The standard InChI is InChI=1S/C12H17NO4S/c1-18(16,17)8-7-13-9-11(12(14)15)10-5-3-2-4-6-10/h2-6,11,13H,7-9H2,1H3,(H,14,15). The van der Waals surface area contributed by atoms with Gasteiger partial charge in [-0.2, -0.15) is 0 Å². The fourth-order valence-electron chi connectivity index (χ4n) is 1.54. The molecule has 2 N–H and O–H groups in total. The third kappa shape index (κ3) is 5.29. The summed E-state index contributed by atoms with van der Waals surface area (Å²) in [5.41, 5.74) is 0.705. The van der Waals surface area contributed by atoms with Gasteiger partial charge in [0.2, 0.25) is 0 Å². The second kappa shape index (κ2) is 6.51. The molecule has 1 aromatic rings. The maximum atomic E-state index is 11.1. The van der Waals surface area contributed by atoms with Crippen LogP contribution in [0.5, 0.6) is 0 Å². The van der Waals surface area contributed by atoms with E-state index in [1.54, 1.807) is 24.3 Å². The van der Waals surface area contributed by atoms with Crippen LogP contribution >= 0.6 is 0 Å². The van der Waals surface area contributed by atoms with Crippen LogP contribution in [0.1, 0.15) is 11.5 Å². The van der Waals surface area contributed by atoms with E-state index in [0.29, 0.717) is 5.56 Å². The minimum absolute atomic E-state index is 0.00806. The van der Waals surface area contributed by atoms with Crippen LogP contribution in [0.2, 0.25) is 0 Å². The Morgan fingerprint density at radius 1 is 1.33 bits per heavy atom. The summed E-state index contributed by atoms with van der Waals surface area (Å²) in [5, 5.41) is 12.0. The molecule has 0 saturated heterocycles. The smallest absolute Gasteiger partial charge is 0.312 e. The summed E-state index contributed by atoms with van der Waals surface area (Å²) in [4.78, 5) is 11.1. The van der Waals surface area contributed by atoms with Crippen molar-refractivity contribution in [1.82, 2.24) is 5.32 Å². The maximum Gasteiger partial charge on any atom is 0.312 e. The highest BCUT2D eigenvalue weighted by Crippen LogP contribution is 2.14. The first-order chi connectivity index (χ1) is 8.40. The molecule has 18 heavy (non-hydrogen) atoms. The van der Waals surface area contributed by atoms with Gasteiger partial charge in [-0.05, 0) is 5.56 Å². The Kier molecular flexibility index (Phi) is 5.30. The number of carboxylic acids is 1. The van der Waals surface area contributed by atoms with Crippen molar-refractivity contribution < 1.29 is 18.3 Å². The molecule has 0 aromatic heterocycles. The second-order valence-corrected chi connectivity index (χ2v) is 6.40. The number of hydrogen-bond acceptors (Lipinski definition) is 4. The maximum absolute atomic E-state index is 11.1. The number of nitrogens with one attached hydrogen (secondary N) is 1. The average Bonchev–Trinajstić information content (AvgIpc) is 2.28. The van der Waals surface area contributed by atoms with Crippen LogP contribution in [0.3, 0.4) is 0 Å². The van der Waals surface area contributed by atoms with Crippen molar-refractivity contribution in [3.63, 3.8) is 0 Å². The van der Waals surface area contributed by atoms with Gasteiger partial charge in [0.15, 0.2) is 0 Å². The zero-order chi connectivity index (χ0) is 13.6. The molecule has 0 bridgehead atoms. The van der Waals surface area contributed by atoms with Crippen molar-refractivity contribution in [2.24, 2.45) is 0 Å². The van der Waals surface area contributed by atoms with Gasteiger partial charge in [-0.3, -0.25) is 4.79 Å². The average molecular weight is 271 g/mol. The highest BCUT2D eigenvalue weighted by molar-refractivity contribution is 7.90. The Morgan fingerprint density at radius 2 is 1.94 bits per heavy atom. The molecule has 6 heteroatoms. The third-order valence-electron chi connectivity index (χ3n) is 2.50. The van der Waals surface area contributed by atoms with Crippen molar-refractivity contribution in [2.75, 3.05) is 25.1 Å². The highest BCUT2D eigenvalue weighted by atomic mass is 32.2. The van der Waals surface area contributed by atoms with Gasteiger partial charge in [-0.15, -0.1) is 0 Å². The first-order valence-corrected chi connectivity index (χ1v) is 7.62. The lowest BCUT2D eigenvalue weighted by atomic mass is 9.99. The topological polar surface area (TPSA) is 83.5 Å². The van der Waals surface area contributed by atoms with Crippen LogP contribution in [-0.4, -0.2) is 44.6 Å². The fourth-order valence-corrected chi connectivity index (χ4v) is 2.05. The minimum Gasteiger partial charge on any atom is -0.481 e. The largest absolute Gasteiger partial charge is 0.481 e. The van der Waals surface area contributed by atoms with E-state index in [4.69, 9.17) is 5.11 Å². The van der Waals surface area contributed by atoms with Crippen LogP contribution in [0, 0.1) is 0 Å². The zero-order valence-corrected chi connectivity index (χ0v) is 11.0. The summed E-state index contributed by atoms with van der Waals surface area (Å²) in [6.07, 6.45) is 1.15. The number of carboxylic acid groups (broad SMARTS) is 1. The van der Waals surface area contributed by atoms with E-state index in [9.17, 15) is 13.2 Å². The molecule has 0 saturated carbocycles. The number of hydrogen-bond donors (Lipinski definition) is 2. The predicted molar refractivity (Wildman–Crippen MR) is 69.4 cm³/mol. The molecule has 1 aromatic carbocycles. The van der Waals surface area contributed by atoms with Crippen molar-refractivity contribution in [1.29, 1.82) is 0 Å². The molecular weight excluding hydrogens is 254 g/mol. The van der Waals surface area contributed by atoms with E-state index in [1.165, 1.54) is 0 Å². The van der Waals surface area contributed by atoms with Crippen molar-refractivity contribution >= 4 is 15.8 Å². The Hall–Kier alpha value is -1.40. The zero-order valence-electron chi connectivity index (χ0n) is 10.2. The highest BCUT2D eigenvalue weighted by Gasteiger charge is 2.18. The number of sulfone groups is 1. The monoisotopic (exact) mass is 271 g/mol. The number of carbonyl (C=O) groups is 1. The number of aliphatic carboxylic acids is 1. The molecule has 0 aliphatic rings. The first-order valence-electron chi connectivity index (χ1n) is 5.56. The van der Waals surface area contributed by atoms with Gasteiger partial charge in [0, 0.05) is 19.3 Å². The summed E-state index contributed by atoms with van der Waals surface area (Å²) >= 11 is 0. The molecule has 0 aliphatic heterocycles. The Balaban J connectivity index is 2.53. The molecule has 0 aliphatic carbocycles. The normalized spacial score (nSPS) is 13.2. The molecule has 100 valence electrons. The summed E-state index contributed by atoms with van der Waals surface area (Å²) < 4.78 is 21.8. The van der Waals surface area contributed by atoms with E-state index in [0.717, 1.165) is 6.26 Å². The second-order valence-electron chi connectivity index (χ2n) is 4.14. The Morgan fingerprint density at radius 3 is 2.44 bits per heavy atom. The molecule has 0 spiro atoms. The van der Waals surface area contributed by atoms with Gasteiger partial charge < -0.3 is 10.4 Å². The van der Waals surface area contributed by atoms with Gasteiger partial charge in [0.25, 0.3) is 0 Å². The third-order valence-corrected chi connectivity index (χ3v) is 3.44. The lowest BCUT2D eigenvalue weighted by Gasteiger charge is -2.13. The molecule has 1 atom stereocenters. The molecular formula is C12H17NO4S. The van der Waals surface area contributed by atoms with Crippen molar-refractivity contribution in [3.05, 3.63) is 35.9 Å². The molecule has 0 radical (unpaired) electrons. The van der Waals surface area contributed by atoms with Crippen LogP contribution in [-0.2, 0) is 14.6 Å². The van der Waals surface area contributed by atoms with E-state index in [1.807, 2.05) is 6.07 Å². The number of rotatable bonds is 7. The van der Waals surface area contributed by atoms with Crippen molar-refractivity contribution in [3.8, 4) is 0 Å². The van der Waals surface area contributed by atoms with Gasteiger partial charge in [-0.1, -0.05) is 30.3 Å². The summed E-state index contributed by atoms with van der Waals surface area (Å²) in [7, 11) is -3.02. The number of benzene rings is 1. The molecule has 5 nitrogen and oxygen atoms in total. The van der Waals surface area contributed by atoms with E-state index in [2.05, 4.69) is 5.32 Å². The van der Waals surface area contributed by atoms with Gasteiger partial charge in [0.05, 0.1) is 11.7 Å². The Labute approximate surface area is 107 Å². The predicted octanol–water partition coefficient (Wildman–Crippen LogP) is 0.489. The van der Waals surface area contributed by atoms with Gasteiger partial charge in [-0.25, -0.2) is 8.42 Å². The summed E-state index contributed by atoms with van der Waals surface area (Å²) in [6.45, 7) is 0.477. The molecule has 1 rings (SSSR count). The van der Waals surface area contributed by atoms with Crippen LogP contribution < -0.4 is 5.32 Å². The van der Waals surface area contributed by atoms with Crippen LogP contribution in [0.15, 0.2) is 30.3 Å². The summed E-state index contributed by atoms with van der Waals surface area (Å²) in [6, 6.07) is 8.87.